The van der Waals surface area contributed by atoms with Crippen LogP contribution in [-0.2, 0) is 0 Å². The molecule has 0 aliphatic rings. The van der Waals surface area contributed by atoms with E-state index in [1.807, 2.05) is 30.3 Å². The third-order valence-corrected chi connectivity index (χ3v) is 4.76. The van der Waals surface area contributed by atoms with Crippen molar-refractivity contribution >= 4 is 46.4 Å². The first-order chi connectivity index (χ1) is 13.0. The second-order valence-corrected chi connectivity index (χ2v) is 7.48. The number of benzene rings is 2. The van der Waals surface area contributed by atoms with Crippen LogP contribution in [0.4, 0.5) is 0 Å². The van der Waals surface area contributed by atoms with Gasteiger partial charge in [-0.05, 0) is 12.1 Å². The molecular weight excluding hydrogens is 432 g/mol. The number of rotatable bonds is 4. The maximum atomic E-state index is 6.31. The van der Waals surface area contributed by atoms with Crippen LogP contribution in [0.2, 0.25) is 10.0 Å². The molecule has 9 heteroatoms. The molecule has 0 saturated heterocycles. The molecule has 2 aromatic heterocycles. The van der Waals surface area contributed by atoms with Gasteiger partial charge in [-0.3, -0.25) is 0 Å². The van der Waals surface area contributed by atoms with Gasteiger partial charge >= 0.3 is 0 Å². The van der Waals surface area contributed by atoms with E-state index in [1.165, 1.54) is 0 Å². The smallest absolute Gasteiger partial charge is 0.260 e. The fourth-order valence-electron chi connectivity index (χ4n) is 2.56. The molecule has 4 rings (SSSR count). The van der Waals surface area contributed by atoms with Crippen LogP contribution < -0.4 is 0 Å². The number of halogens is 4. The zero-order valence-electron chi connectivity index (χ0n) is 13.4. The molecule has 0 N–H and O–H groups in total. The molecule has 0 amide bonds. The lowest BCUT2D eigenvalue weighted by molar-refractivity contribution is 0.388. The van der Waals surface area contributed by atoms with Gasteiger partial charge in [0.25, 0.3) is 5.89 Å². The molecule has 2 aromatic carbocycles. The zero-order valence-corrected chi connectivity index (χ0v) is 16.4. The Morgan fingerprint density at radius 3 is 2.26 bits per heavy atom. The van der Waals surface area contributed by atoms with Crippen LogP contribution in [0, 0.1) is 0 Å². The van der Waals surface area contributed by atoms with Crippen molar-refractivity contribution < 1.29 is 9.05 Å². The van der Waals surface area contributed by atoms with E-state index in [0.717, 1.165) is 22.3 Å². The van der Waals surface area contributed by atoms with Crippen LogP contribution in [-0.4, -0.2) is 15.3 Å². The van der Waals surface area contributed by atoms with Crippen molar-refractivity contribution in [3.05, 3.63) is 64.7 Å². The Morgan fingerprint density at radius 2 is 1.59 bits per heavy atom. The van der Waals surface area contributed by atoms with Crippen molar-refractivity contribution in [1.29, 1.82) is 0 Å². The summed E-state index contributed by atoms with van der Waals surface area (Å²) in [4.78, 5) is 3.28. The molecule has 0 atom stereocenters. The highest BCUT2D eigenvalue weighted by Crippen LogP contribution is 2.37. The van der Waals surface area contributed by atoms with Crippen molar-refractivity contribution in [2.24, 2.45) is 0 Å². The third kappa shape index (κ3) is 3.69. The normalized spacial score (nSPS) is 11.3. The predicted molar refractivity (Wildman–Crippen MR) is 105 cm³/mol. The zero-order chi connectivity index (χ0) is 19.0. The van der Waals surface area contributed by atoms with Crippen LogP contribution >= 0.6 is 46.4 Å². The van der Waals surface area contributed by atoms with Crippen molar-refractivity contribution in [2.45, 2.75) is 4.84 Å². The maximum absolute atomic E-state index is 6.31. The lowest BCUT2D eigenvalue weighted by Gasteiger charge is -2.05. The fourth-order valence-corrected chi connectivity index (χ4v) is 3.25. The summed E-state index contributed by atoms with van der Waals surface area (Å²) in [5.74, 6) is 0.539. The average molecular weight is 441 g/mol. The average Bonchev–Trinajstić information content (AvgIpc) is 3.32. The van der Waals surface area contributed by atoms with E-state index in [1.54, 1.807) is 18.4 Å². The number of alkyl halides is 2. The Hall–Kier alpha value is -2.05. The monoisotopic (exact) mass is 439 g/mol. The Bertz CT molecular complexity index is 1090. The summed E-state index contributed by atoms with van der Waals surface area (Å²) < 4.78 is 10.2. The highest BCUT2D eigenvalue weighted by atomic mass is 35.5. The van der Waals surface area contributed by atoms with E-state index in [2.05, 4.69) is 15.3 Å². The topological polar surface area (TPSA) is 65.0 Å². The molecule has 2 heterocycles. The third-order valence-electron chi connectivity index (χ3n) is 3.84. The predicted octanol–water partition coefficient (Wildman–Crippen LogP) is 6.84. The highest BCUT2D eigenvalue weighted by Gasteiger charge is 2.17. The van der Waals surface area contributed by atoms with Gasteiger partial charge in [0.1, 0.15) is 12.0 Å². The molecule has 0 saturated carbocycles. The van der Waals surface area contributed by atoms with Crippen LogP contribution in [0.3, 0.4) is 0 Å². The van der Waals surface area contributed by atoms with Crippen molar-refractivity contribution in [2.75, 3.05) is 0 Å². The number of hydrogen-bond acceptors (Lipinski definition) is 5. The lowest BCUT2D eigenvalue weighted by Crippen LogP contribution is -1.86. The SMILES string of the molecule is Clc1ccc(-c2conc2-c2ccc(-c3noc(C(Cl)Cl)n3)cc2)c(Cl)c1. The molecule has 0 unspecified atom stereocenters. The Kier molecular flexibility index (Phi) is 5.10. The first kappa shape index (κ1) is 18.3. The van der Waals surface area contributed by atoms with E-state index < -0.39 is 4.84 Å². The van der Waals surface area contributed by atoms with Gasteiger partial charge in [-0.1, -0.05) is 87.0 Å². The summed E-state index contributed by atoms with van der Waals surface area (Å²) in [7, 11) is 0. The van der Waals surface area contributed by atoms with E-state index in [-0.39, 0.29) is 5.89 Å². The minimum Gasteiger partial charge on any atom is -0.363 e. The van der Waals surface area contributed by atoms with Crippen molar-refractivity contribution in [1.82, 2.24) is 15.3 Å². The van der Waals surface area contributed by atoms with Crippen LogP contribution in [0.25, 0.3) is 33.8 Å². The molecule has 0 aliphatic carbocycles. The molecule has 0 radical (unpaired) electrons. The standard InChI is InChI=1S/C18H9Cl4N3O2/c19-11-5-6-12(14(20)7-11)13-8-26-24-15(13)9-1-3-10(4-2-9)17-23-18(16(21)22)27-25-17/h1-8,16H. The first-order valence-electron chi connectivity index (χ1n) is 7.65. The summed E-state index contributed by atoms with van der Waals surface area (Å²) in [5, 5.41) is 9.04. The summed E-state index contributed by atoms with van der Waals surface area (Å²) in [6, 6.07) is 12.7. The van der Waals surface area contributed by atoms with E-state index in [0.29, 0.717) is 21.6 Å². The summed E-state index contributed by atoms with van der Waals surface area (Å²) in [6.45, 7) is 0. The molecule has 0 spiro atoms. The van der Waals surface area contributed by atoms with Crippen molar-refractivity contribution in [3.8, 4) is 33.8 Å². The second kappa shape index (κ2) is 7.52. The van der Waals surface area contributed by atoms with E-state index >= 15 is 0 Å². The number of nitrogens with zero attached hydrogens (tertiary/aromatic N) is 3. The Balaban J connectivity index is 1.68. The largest absolute Gasteiger partial charge is 0.363 e. The molecule has 27 heavy (non-hydrogen) atoms. The fraction of sp³-hybridized carbons (Fsp3) is 0.0556. The number of aromatic nitrogens is 3. The van der Waals surface area contributed by atoms with Gasteiger partial charge in [0.05, 0.1) is 10.6 Å². The molecule has 0 bridgehead atoms. The first-order valence-corrected chi connectivity index (χ1v) is 9.28. The van der Waals surface area contributed by atoms with Gasteiger partial charge in [0, 0.05) is 21.7 Å². The highest BCUT2D eigenvalue weighted by molar-refractivity contribution is 6.43. The van der Waals surface area contributed by atoms with Gasteiger partial charge in [-0.2, -0.15) is 4.98 Å². The number of hydrogen-bond donors (Lipinski definition) is 0. The quantitative estimate of drug-likeness (QED) is 0.325. The summed E-state index contributed by atoms with van der Waals surface area (Å²) in [5.41, 5.74) is 3.78. The second-order valence-electron chi connectivity index (χ2n) is 5.54. The van der Waals surface area contributed by atoms with Gasteiger partial charge < -0.3 is 9.05 Å². The Morgan fingerprint density at radius 1 is 0.852 bits per heavy atom. The Labute approximate surface area is 173 Å². The molecule has 4 aromatic rings. The molecule has 0 fully saturated rings. The van der Waals surface area contributed by atoms with Gasteiger partial charge in [-0.25, -0.2) is 0 Å². The molecule has 5 nitrogen and oxygen atoms in total. The molecular formula is C18H9Cl4N3O2. The van der Waals surface area contributed by atoms with Crippen LogP contribution in [0.5, 0.6) is 0 Å². The minimum atomic E-state index is -0.868. The molecule has 0 aliphatic heterocycles. The van der Waals surface area contributed by atoms with Crippen LogP contribution in [0.15, 0.2) is 57.8 Å². The van der Waals surface area contributed by atoms with E-state index in [4.69, 9.17) is 55.4 Å². The van der Waals surface area contributed by atoms with Gasteiger partial charge in [0.15, 0.2) is 4.84 Å². The van der Waals surface area contributed by atoms with Gasteiger partial charge in [0.2, 0.25) is 5.82 Å². The van der Waals surface area contributed by atoms with Crippen molar-refractivity contribution in [3.63, 3.8) is 0 Å². The lowest BCUT2D eigenvalue weighted by atomic mass is 10.0. The van der Waals surface area contributed by atoms with E-state index in [9.17, 15) is 0 Å². The summed E-state index contributed by atoms with van der Waals surface area (Å²) >= 11 is 23.7. The van der Waals surface area contributed by atoms with Crippen LogP contribution in [0.1, 0.15) is 10.7 Å². The maximum Gasteiger partial charge on any atom is 0.260 e. The summed E-state index contributed by atoms with van der Waals surface area (Å²) in [6.07, 6.45) is 1.55. The molecule has 136 valence electrons. The van der Waals surface area contributed by atoms with Gasteiger partial charge in [-0.15, -0.1) is 0 Å². The minimum absolute atomic E-state index is 0.147.